The summed E-state index contributed by atoms with van der Waals surface area (Å²) >= 11 is 0. The molecule has 1 unspecified atom stereocenters. The van der Waals surface area contributed by atoms with Crippen LogP contribution in [0.25, 0.3) is 0 Å². The molecule has 6 heteroatoms. The molecule has 0 spiro atoms. The summed E-state index contributed by atoms with van der Waals surface area (Å²) in [6.45, 7) is 5.54. The molecule has 0 aromatic heterocycles. The van der Waals surface area contributed by atoms with Crippen molar-refractivity contribution in [2.75, 3.05) is 25.9 Å². The SMILES string of the molecule is C=C1NC(=O)CN1CCP(C)(=O)O. The van der Waals surface area contributed by atoms with Crippen molar-refractivity contribution < 1.29 is 14.3 Å². The van der Waals surface area contributed by atoms with Crippen molar-refractivity contribution in [1.29, 1.82) is 0 Å². The first-order chi connectivity index (χ1) is 5.88. The predicted molar refractivity (Wildman–Crippen MR) is 49.5 cm³/mol. The van der Waals surface area contributed by atoms with Gasteiger partial charge in [0.25, 0.3) is 0 Å². The van der Waals surface area contributed by atoms with Crippen LogP contribution in [0, 0.1) is 0 Å². The first-order valence-corrected chi connectivity index (χ1v) is 6.21. The Morgan fingerprint density at radius 1 is 1.77 bits per heavy atom. The summed E-state index contributed by atoms with van der Waals surface area (Å²) in [5.41, 5.74) is 0. The van der Waals surface area contributed by atoms with Gasteiger partial charge in [-0.15, -0.1) is 0 Å². The molecule has 1 amide bonds. The van der Waals surface area contributed by atoms with Gasteiger partial charge in [0.2, 0.25) is 5.91 Å². The molecule has 1 saturated heterocycles. The molecule has 1 atom stereocenters. The number of nitrogens with zero attached hydrogens (tertiary/aromatic N) is 1. The summed E-state index contributed by atoms with van der Waals surface area (Å²) in [6, 6.07) is 0. The Bertz CT molecular complexity index is 283. The molecule has 0 aromatic carbocycles. The van der Waals surface area contributed by atoms with Crippen LogP contribution in [0.5, 0.6) is 0 Å². The Morgan fingerprint density at radius 2 is 2.38 bits per heavy atom. The van der Waals surface area contributed by atoms with Gasteiger partial charge in [0.05, 0.1) is 6.54 Å². The fraction of sp³-hybridized carbons (Fsp3) is 0.571. The molecule has 5 nitrogen and oxygen atoms in total. The third-order valence-corrected chi connectivity index (χ3v) is 2.81. The van der Waals surface area contributed by atoms with E-state index in [0.717, 1.165) is 0 Å². The van der Waals surface area contributed by atoms with Crippen LogP contribution in [0.1, 0.15) is 0 Å². The van der Waals surface area contributed by atoms with Gasteiger partial charge in [-0.3, -0.25) is 9.36 Å². The maximum Gasteiger partial charge on any atom is 0.245 e. The van der Waals surface area contributed by atoms with E-state index in [1.165, 1.54) is 6.66 Å². The highest BCUT2D eigenvalue weighted by molar-refractivity contribution is 7.57. The van der Waals surface area contributed by atoms with E-state index >= 15 is 0 Å². The molecule has 1 fully saturated rings. The van der Waals surface area contributed by atoms with Crippen LogP contribution in [0.2, 0.25) is 0 Å². The summed E-state index contributed by atoms with van der Waals surface area (Å²) < 4.78 is 11.0. The zero-order valence-corrected chi connectivity index (χ0v) is 8.38. The minimum Gasteiger partial charge on any atom is -0.349 e. The fourth-order valence-electron chi connectivity index (χ4n) is 1.07. The van der Waals surface area contributed by atoms with E-state index in [0.29, 0.717) is 12.4 Å². The lowest BCUT2D eigenvalue weighted by Gasteiger charge is -2.17. The van der Waals surface area contributed by atoms with Crippen LogP contribution >= 0.6 is 7.37 Å². The number of hydrogen-bond acceptors (Lipinski definition) is 3. The molecular weight excluding hydrogens is 191 g/mol. The highest BCUT2D eigenvalue weighted by Crippen LogP contribution is 2.34. The summed E-state index contributed by atoms with van der Waals surface area (Å²) in [5, 5.41) is 2.52. The lowest BCUT2D eigenvalue weighted by atomic mass is 10.5. The molecule has 0 saturated carbocycles. The first-order valence-electron chi connectivity index (χ1n) is 3.91. The summed E-state index contributed by atoms with van der Waals surface area (Å²) in [7, 11) is -2.99. The minimum atomic E-state index is -2.99. The van der Waals surface area contributed by atoms with Crippen LogP contribution in [0.15, 0.2) is 12.4 Å². The summed E-state index contributed by atoms with van der Waals surface area (Å²) in [4.78, 5) is 21.5. The lowest BCUT2D eigenvalue weighted by molar-refractivity contribution is -0.118. The topological polar surface area (TPSA) is 69.6 Å². The van der Waals surface area contributed by atoms with Crippen molar-refractivity contribution in [3.63, 3.8) is 0 Å². The van der Waals surface area contributed by atoms with E-state index in [4.69, 9.17) is 4.89 Å². The van der Waals surface area contributed by atoms with Gasteiger partial charge in [-0.25, -0.2) is 0 Å². The van der Waals surface area contributed by atoms with Crippen LogP contribution in [0.4, 0.5) is 0 Å². The molecule has 0 bridgehead atoms. The normalized spacial score (nSPS) is 21.5. The number of carbonyl (C=O) groups excluding carboxylic acids is 1. The van der Waals surface area contributed by atoms with Crippen molar-refractivity contribution in [2.45, 2.75) is 0 Å². The largest absolute Gasteiger partial charge is 0.349 e. The third-order valence-electron chi connectivity index (χ3n) is 1.78. The van der Waals surface area contributed by atoms with E-state index in [1.54, 1.807) is 4.90 Å². The van der Waals surface area contributed by atoms with Gasteiger partial charge < -0.3 is 15.1 Å². The van der Waals surface area contributed by atoms with E-state index in [-0.39, 0.29) is 18.6 Å². The highest BCUT2D eigenvalue weighted by atomic mass is 31.2. The molecule has 1 aliphatic heterocycles. The van der Waals surface area contributed by atoms with Crippen molar-refractivity contribution >= 4 is 13.3 Å². The fourth-order valence-corrected chi connectivity index (χ4v) is 1.68. The Balaban J connectivity index is 2.43. The number of rotatable bonds is 3. The average molecular weight is 204 g/mol. The van der Waals surface area contributed by atoms with Gasteiger partial charge in [-0.1, -0.05) is 6.58 Å². The smallest absolute Gasteiger partial charge is 0.245 e. The maximum atomic E-state index is 11.0. The average Bonchev–Trinajstić information content (AvgIpc) is 2.24. The summed E-state index contributed by atoms with van der Waals surface area (Å²) in [5.74, 6) is 0.396. The standard InChI is InChI=1S/C7H13N2O3P/c1-6-8-7(10)5-9(6)3-4-13(2,11)12/h1,3-5H2,2H3,(H,8,10)(H,11,12). The van der Waals surface area contributed by atoms with Crippen LogP contribution < -0.4 is 5.32 Å². The Kier molecular flexibility index (Phi) is 2.78. The second-order valence-electron chi connectivity index (χ2n) is 3.19. The lowest BCUT2D eigenvalue weighted by Crippen LogP contribution is -2.23. The van der Waals surface area contributed by atoms with Gasteiger partial charge in [0.1, 0.15) is 5.82 Å². The van der Waals surface area contributed by atoms with E-state index < -0.39 is 7.37 Å². The van der Waals surface area contributed by atoms with E-state index in [9.17, 15) is 9.36 Å². The van der Waals surface area contributed by atoms with Crippen LogP contribution in [-0.4, -0.2) is 41.6 Å². The maximum absolute atomic E-state index is 11.0. The van der Waals surface area contributed by atoms with E-state index in [2.05, 4.69) is 11.9 Å². The van der Waals surface area contributed by atoms with Crippen molar-refractivity contribution in [3.05, 3.63) is 12.4 Å². The molecule has 1 heterocycles. The second kappa shape index (κ2) is 3.52. The van der Waals surface area contributed by atoms with E-state index in [1.807, 2.05) is 0 Å². The Hall–Kier alpha value is -0.800. The summed E-state index contributed by atoms with van der Waals surface area (Å²) in [6.07, 6.45) is 0.182. The number of hydrogen-bond donors (Lipinski definition) is 2. The van der Waals surface area contributed by atoms with Gasteiger partial charge in [0.15, 0.2) is 7.37 Å². The number of amides is 1. The molecule has 0 radical (unpaired) electrons. The van der Waals surface area contributed by atoms with Crippen molar-refractivity contribution in [1.82, 2.24) is 10.2 Å². The van der Waals surface area contributed by atoms with Gasteiger partial charge in [-0.2, -0.15) is 0 Å². The zero-order chi connectivity index (χ0) is 10.1. The molecule has 1 rings (SSSR count). The molecule has 2 N–H and O–H groups in total. The van der Waals surface area contributed by atoms with Gasteiger partial charge >= 0.3 is 0 Å². The molecular formula is C7H13N2O3P. The zero-order valence-electron chi connectivity index (χ0n) is 7.49. The monoisotopic (exact) mass is 204 g/mol. The quantitative estimate of drug-likeness (QED) is 0.624. The molecule has 1 aliphatic rings. The van der Waals surface area contributed by atoms with Crippen LogP contribution in [-0.2, 0) is 9.36 Å². The first kappa shape index (κ1) is 10.3. The highest BCUT2D eigenvalue weighted by Gasteiger charge is 2.23. The molecule has 13 heavy (non-hydrogen) atoms. The van der Waals surface area contributed by atoms with Gasteiger partial charge in [-0.05, 0) is 0 Å². The second-order valence-corrected chi connectivity index (χ2v) is 5.74. The van der Waals surface area contributed by atoms with Crippen molar-refractivity contribution in [3.8, 4) is 0 Å². The minimum absolute atomic E-state index is 0.117. The molecule has 0 aromatic rings. The molecule has 0 aliphatic carbocycles. The molecule has 74 valence electrons. The predicted octanol–water partition coefficient (Wildman–Crippen LogP) is -0.210. The number of carbonyl (C=O) groups is 1. The Labute approximate surface area is 76.9 Å². The third kappa shape index (κ3) is 3.20. The van der Waals surface area contributed by atoms with Gasteiger partial charge in [0, 0.05) is 19.4 Å². The van der Waals surface area contributed by atoms with Crippen LogP contribution in [0.3, 0.4) is 0 Å². The number of nitrogens with one attached hydrogen (secondary N) is 1. The Morgan fingerprint density at radius 3 is 2.77 bits per heavy atom. The van der Waals surface area contributed by atoms with Crippen molar-refractivity contribution in [2.24, 2.45) is 0 Å².